The number of non-ortho nitro benzene ring substituents is 1. The number of thioether (sulfide) groups is 1. The van der Waals surface area contributed by atoms with Crippen LogP contribution in [0.2, 0.25) is 0 Å². The molecule has 0 unspecified atom stereocenters. The summed E-state index contributed by atoms with van der Waals surface area (Å²) < 4.78 is 0.227. The van der Waals surface area contributed by atoms with Gasteiger partial charge in [-0.1, -0.05) is 54.3 Å². The number of nitro benzene ring substituents is 1. The average molecular weight is 415 g/mol. The van der Waals surface area contributed by atoms with Crippen LogP contribution in [0, 0.1) is 10.1 Å². The number of thiocarbonyl (C=S) groups is 1. The lowest BCUT2D eigenvalue weighted by Crippen LogP contribution is -2.36. The molecule has 2 aromatic carbocycles. The number of nitrogens with zero attached hydrogens (tertiary/aromatic N) is 2. The summed E-state index contributed by atoms with van der Waals surface area (Å²) in [5, 5.41) is 23.0. The second-order valence-electron chi connectivity index (χ2n) is 5.69. The van der Waals surface area contributed by atoms with E-state index in [4.69, 9.17) is 12.2 Å². The summed E-state index contributed by atoms with van der Waals surface area (Å²) in [6.45, 7) is -0.376. The normalized spacial score (nSPS) is 15.1. The number of nitrogens with one attached hydrogen (secondary N) is 1. The van der Waals surface area contributed by atoms with Gasteiger partial charge in [-0.05, 0) is 17.7 Å². The zero-order valence-electron chi connectivity index (χ0n) is 14.2. The van der Waals surface area contributed by atoms with E-state index in [2.05, 4.69) is 5.32 Å². The Balaban J connectivity index is 1.72. The van der Waals surface area contributed by atoms with Gasteiger partial charge in [-0.15, -0.1) is 0 Å². The Morgan fingerprint density at radius 3 is 2.68 bits per heavy atom. The number of phenols is 1. The van der Waals surface area contributed by atoms with E-state index in [-0.39, 0.29) is 28.0 Å². The number of hydrogen-bond donors (Lipinski definition) is 2. The lowest BCUT2D eigenvalue weighted by Gasteiger charge is -2.14. The molecule has 1 saturated heterocycles. The van der Waals surface area contributed by atoms with E-state index in [1.807, 2.05) is 30.3 Å². The maximum absolute atomic E-state index is 12.5. The van der Waals surface area contributed by atoms with E-state index in [9.17, 15) is 24.8 Å². The number of phenolic OH excluding ortho intramolecular Hbond substituents is 1. The predicted molar refractivity (Wildman–Crippen MR) is 110 cm³/mol. The number of nitro groups is 1. The first-order valence-corrected chi connectivity index (χ1v) is 9.15. The van der Waals surface area contributed by atoms with Crippen molar-refractivity contribution in [1.82, 2.24) is 4.90 Å². The van der Waals surface area contributed by atoms with Crippen LogP contribution in [0.4, 0.5) is 11.4 Å². The molecule has 28 heavy (non-hydrogen) atoms. The molecule has 10 heteroatoms. The van der Waals surface area contributed by atoms with Crippen LogP contribution in [-0.2, 0) is 9.59 Å². The Kier molecular flexibility index (Phi) is 5.71. The van der Waals surface area contributed by atoms with Gasteiger partial charge in [0.2, 0.25) is 5.91 Å². The Morgan fingerprint density at radius 2 is 2.00 bits per heavy atom. The van der Waals surface area contributed by atoms with E-state index >= 15 is 0 Å². The average Bonchev–Trinajstić information content (AvgIpc) is 2.91. The molecule has 2 aromatic rings. The minimum atomic E-state index is -0.647. The second kappa shape index (κ2) is 8.19. The number of carbonyl (C=O) groups excluding carboxylic acids is 2. The van der Waals surface area contributed by atoms with Crippen LogP contribution < -0.4 is 5.32 Å². The number of rotatable bonds is 5. The summed E-state index contributed by atoms with van der Waals surface area (Å²) in [5.41, 5.74) is 0.419. The van der Waals surface area contributed by atoms with Gasteiger partial charge in [-0.25, -0.2) is 0 Å². The lowest BCUT2D eigenvalue weighted by molar-refractivity contribution is -0.384. The molecular formula is C18H13N3O5S2. The van der Waals surface area contributed by atoms with Crippen molar-refractivity contribution in [1.29, 1.82) is 0 Å². The molecule has 1 aliphatic heterocycles. The highest BCUT2D eigenvalue weighted by molar-refractivity contribution is 8.26. The molecule has 0 radical (unpaired) electrons. The van der Waals surface area contributed by atoms with E-state index in [1.165, 1.54) is 0 Å². The molecule has 1 heterocycles. The maximum Gasteiger partial charge on any atom is 0.271 e. The van der Waals surface area contributed by atoms with E-state index in [0.29, 0.717) is 4.91 Å². The van der Waals surface area contributed by atoms with Crippen LogP contribution in [0.5, 0.6) is 5.75 Å². The lowest BCUT2D eigenvalue weighted by atomic mass is 10.2. The van der Waals surface area contributed by atoms with Crippen LogP contribution in [0.25, 0.3) is 6.08 Å². The Labute approximate surface area is 169 Å². The minimum absolute atomic E-state index is 0.121. The van der Waals surface area contributed by atoms with Crippen molar-refractivity contribution in [2.75, 3.05) is 11.9 Å². The van der Waals surface area contributed by atoms with Gasteiger partial charge in [-0.2, -0.15) is 0 Å². The van der Waals surface area contributed by atoms with Gasteiger partial charge in [-0.3, -0.25) is 24.6 Å². The molecule has 8 nitrogen and oxygen atoms in total. The predicted octanol–water partition coefficient (Wildman–Crippen LogP) is 3.14. The fraction of sp³-hybridized carbons (Fsp3) is 0.0556. The fourth-order valence-electron chi connectivity index (χ4n) is 2.41. The molecule has 3 rings (SSSR count). The van der Waals surface area contributed by atoms with Crippen molar-refractivity contribution in [2.45, 2.75) is 0 Å². The number of carbonyl (C=O) groups is 2. The van der Waals surface area contributed by atoms with Crippen molar-refractivity contribution < 1.29 is 19.6 Å². The number of benzene rings is 2. The highest BCUT2D eigenvalue weighted by atomic mass is 32.2. The molecule has 1 fully saturated rings. The molecule has 0 aromatic heterocycles. The largest absolute Gasteiger partial charge is 0.506 e. The van der Waals surface area contributed by atoms with Gasteiger partial charge >= 0.3 is 0 Å². The van der Waals surface area contributed by atoms with Crippen LogP contribution in [0.1, 0.15) is 5.56 Å². The third kappa shape index (κ3) is 4.35. The second-order valence-corrected chi connectivity index (χ2v) is 7.36. The summed E-state index contributed by atoms with van der Waals surface area (Å²) in [7, 11) is 0. The molecule has 0 spiro atoms. The molecule has 1 aliphatic rings. The van der Waals surface area contributed by atoms with Crippen molar-refractivity contribution in [3.05, 3.63) is 69.1 Å². The number of hydrogen-bond acceptors (Lipinski definition) is 7. The van der Waals surface area contributed by atoms with Gasteiger partial charge in [0, 0.05) is 12.1 Å². The third-order valence-electron chi connectivity index (χ3n) is 3.74. The first kappa shape index (κ1) is 19.5. The molecule has 142 valence electrons. The highest BCUT2D eigenvalue weighted by Gasteiger charge is 2.33. The van der Waals surface area contributed by atoms with Gasteiger partial charge in [0.05, 0.1) is 15.5 Å². The monoisotopic (exact) mass is 415 g/mol. The zero-order chi connectivity index (χ0) is 20.3. The smallest absolute Gasteiger partial charge is 0.271 e. The van der Waals surface area contributed by atoms with Gasteiger partial charge < -0.3 is 10.4 Å². The molecular weight excluding hydrogens is 402 g/mol. The molecule has 2 N–H and O–H groups in total. The van der Waals surface area contributed by atoms with Crippen molar-refractivity contribution >= 4 is 57.6 Å². The Morgan fingerprint density at radius 1 is 1.29 bits per heavy atom. The maximum atomic E-state index is 12.5. The van der Waals surface area contributed by atoms with Gasteiger partial charge in [0.15, 0.2) is 0 Å². The summed E-state index contributed by atoms with van der Waals surface area (Å²) in [4.78, 5) is 36.5. The first-order valence-electron chi connectivity index (χ1n) is 7.93. The summed E-state index contributed by atoms with van der Waals surface area (Å²) in [5.74, 6) is -1.38. The Hall–Kier alpha value is -3.24. The van der Waals surface area contributed by atoms with Crippen molar-refractivity contribution in [2.24, 2.45) is 0 Å². The molecule has 0 aliphatic carbocycles. The molecule has 0 bridgehead atoms. The quantitative estimate of drug-likeness (QED) is 0.254. The van der Waals surface area contributed by atoms with Crippen LogP contribution >= 0.6 is 24.0 Å². The topological polar surface area (TPSA) is 113 Å². The molecule has 0 atom stereocenters. The summed E-state index contributed by atoms with van der Waals surface area (Å²) >= 11 is 6.27. The van der Waals surface area contributed by atoms with E-state index in [0.717, 1.165) is 40.4 Å². The first-order chi connectivity index (χ1) is 13.3. The van der Waals surface area contributed by atoms with Crippen LogP contribution in [-0.4, -0.2) is 37.6 Å². The minimum Gasteiger partial charge on any atom is -0.506 e. The SMILES string of the molecule is O=C(CN1C(=O)/C(=C/c2ccccc2)SC1=S)Nc1cc([N+](=O)[O-])ccc1O. The van der Waals surface area contributed by atoms with E-state index in [1.54, 1.807) is 6.08 Å². The highest BCUT2D eigenvalue weighted by Crippen LogP contribution is 2.33. The van der Waals surface area contributed by atoms with Crippen LogP contribution in [0.3, 0.4) is 0 Å². The fourth-order valence-corrected chi connectivity index (χ4v) is 3.66. The van der Waals surface area contributed by atoms with Gasteiger partial charge in [0.1, 0.15) is 16.6 Å². The summed E-state index contributed by atoms with van der Waals surface area (Å²) in [6.07, 6.45) is 1.68. The number of amides is 2. The number of aromatic hydroxyl groups is 1. The summed E-state index contributed by atoms with van der Waals surface area (Å²) in [6, 6.07) is 12.5. The van der Waals surface area contributed by atoms with E-state index < -0.39 is 16.7 Å². The number of anilines is 1. The Bertz CT molecular complexity index is 1010. The zero-order valence-corrected chi connectivity index (χ0v) is 15.8. The molecule has 2 amide bonds. The molecule has 0 saturated carbocycles. The standard InChI is InChI=1S/C18H13N3O5S2/c22-14-7-6-12(21(25)26)9-13(14)19-16(23)10-20-17(24)15(28-18(20)27)8-11-4-2-1-3-5-11/h1-9,22H,10H2,(H,19,23)/b15-8-. The van der Waals surface area contributed by atoms with Crippen LogP contribution in [0.15, 0.2) is 53.4 Å². The third-order valence-corrected chi connectivity index (χ3v) is 5.12. The van der Waals surface area contributed by atoms with Crippen molar-refractivity contribution in [3.63, 3.8) is 0 Å². The van der Waals surface area contributed by atoms with Gasteiger partial charge in [0.25, 0.3) is 11.6 Å². The van der Waals surface area contributed by atoms with Crippen molar-refractivity contribution in [3.8, 4) is 5.75 Å².